The van der Waals surface area contributed by atoms with Crippen molar-refractivity contribution >= 4 is 41.0 Å². The molecule has 3 nitrogen and oxygen atoms in total. The van der Waals surface area contributed by atoms with Crippen LogP contribution in [0.4, 0.5) is 18.9 Å². The van der Waals surface area contributed by atoms with Crippen molar-refractivity contribution in [2.45, 2.75) is 19.6 Å². The van der Waals surface area contributed by atoms with E-state index in [0.29, 0.717) is 18.8 Å². The smallest absolute Gasteiger partial charge is 0.369 e. The summed E-state index contributed by atoms with van der Waals surface area (Å²) in [6.07, 6.45) is -4.43. The fraction of sp³-hybridized carbons (Fsp3) is 0.438. The van der Waals surface area contributed by atoms with Gasteiger partial charge in [0.2, 0.25) is 0 Å². The van der Waals surface area contributed by atoms with E-state index in [4.69, 9.17) is 11.6 Å². The topological polar surface area (TPSA) is 19.4 Å². The third kappa shape index (κ3) is 5.00. The first-order valence-corrected chi connectivity index (χ1v) is 8.84. The Bertz CT molecular complexity index is 713. The van der Waals surface area contributed by atoms with Gasteiger partial charge in [0.15, 0.2) is 0 Å². The molecule has 0 aliphatic carbocycles. The van der Waals surface area contributed by atoms with Crippen LogP contribution in [-0.2, 0) is 12.7 Å². The monoisotopic (exact) mass is 411 g/mol. The van der Waals surface area contributed by atoms with Gasteiger partial charge in [0.25, 0.3) is 0 Å². The number of rotatable bonds is 3. The highest BCUT2D eigenvalue weighted by Gasteiger charge is 2.34. The van der Waals surface area contributed by atoms with E-state index in [0.717, 1.165) is 36.4 Å². The van der Waals surface area contributed by atoms with Crippen molar-refractivity contribution in [3.63, 3.8) is 0 Å². The van der Waals surface area contributed by atoms with Gasteiger partial charge in [-0.05, 0) is 25.1 Å². The van der Waals surface area contributed by atoms with Gasteiger partial charge in [0, 0.05) is 43.8 Å². The summed E-state index contributed by atoms with van der Waals surface area (Å²) < 4.78 is 39.0. The first kappa shape index (κ1) is 20.3. The molecule has 2 aromatic rings. The molecule has 0 amide bonds. The fourth-order valence-electron chi connectivity index (χ4n) is 2.80. The van der Waals surface area contributed by atoms with E-state index in [1.165, 1.54) is 6.07 Å². The molecule has 1 aliphatic heterocycles. The summed E-state index contributed by atoms with van der Waals surface area (Å²) in [5, 5.41) is 2.84. The SMILES string of the molecule is Cc1nc(CN2CCN(c3ccc(Cl)c(C(F)(F)F)c3)CC2)cs1.Cl. The number of anilines is 1. The number of aryl methyl sites for hydroxylation is 1. The van der Waals surface area contributed by atoms with Crippen LogP contribution in [-0.4, -0.2) is 36.1 Å². The van der Waals surface area contributed by atoms with Gasteiger partial charge in [-0.2, -0.15) is 13.2 Å². The van der Waals surface area contributed by atoms with Crippen LogP contribution in [0.2, 0.25) is 5.02 Å². The third-order valence-electron chi connectivity index (χ3n) is 4.04. The van der Waals surface area contributed by atoms with Gasteiger partial charge in [-0.1, -0.05) is 11.6 Å². The zero-order valence-electron chi connectivity index (χ0n) is 13.5. The normalized spacial score (nSPS) is 16.0. The predicted octanol–water partition coefficient (Wildman–Crippen LogP) is 4.87. The van der Waals surface area contributed by atoms with Gasteiger partial charge < -0.3 is 4.90 Å². The second-order valence-electron chi connectivity index (χ2n) is 5.78. The van der Waals surface area contributed by atoms with Crippen molar-refractivity contribution in [1.29, 1.82) is 0 Å². The first-order valence-electron chi connectivity index (χ1n) is 7.58. The highest BCUT2D eigenvalue weighted by atomic mass is 35.5. The minimum atomic E-state index is -4.43. The van der Waals surface area contributed by atoms with E-state index in [9.17, 15) is 13.2 Å². The van der Waals surface area contributed by atoms with Crippen molar-refractivity contribution < 1.29 is 13.2 Å². The van der Waals surface area contributed by atoms with E-state index in [-0.39, 0.29) is 17.4 Å². The molecule has 0 spiro atoms. The summed E-state index contributed by atoms with van der Waals surface area (Å²) in [4.78, 5) is 8.69. The highest BCUT2D eigenvalue weighted by Crippen LogP contribution is 2.37. The van der Waals surface area contributed by atoms with Crippen LogP contribution in [0.3, 0.4) is 0 Å². The predicted molar refractivity (Wildman–Crippen MR) is 98.0 cm³/mol. The van der Waals surface area contributed by atoms with Crippen LogP contribution in [0.15, 0.2) is 23.6 Å². The number of thiazole rings is 1. The summed E-state index contributed by atoms with van der Waals surface area (Å²) in [5.74, 6) is 0. The number of nitrogens with zero attached hydrogens (tertiary/aromatic N) is 3. The van der Waals surface area contributed by atoms with Gasteiger partial charge in [0.1, 0.15) is 0 Å². The van der Waals surface area contributed by atoms with E-state index in [2.05, 4.69) is 15.3 Å². The average molecular weight is 412 g/mol. The van der Waals surface area contributed by atoms with Crippen LogP contribution in [0.25, 0.3) is 0 Å². The Balaban J connectivity index is 0.00000225. The number of halogens is 5. The first-order chi connectivity index (χ1) is 11.3. The van der Waals surface area contributed by atoms with Crippen LogP contribution in [0.1, 0.15) is 16.3 Å². The number of hydrogen-bond acceptors (Lipinski definition) is 4. The standard InChI is InChI=1S/C16H17ClF3N3S.ClH/c1-11-21-12(10-24-11)9-22-4-6-23(7-5-22)13-2-3-15(17)14(8-13)16(18,19)20;/h2-3,8,10H,4-7,9H2,1H3;1H. The Morgan fingerprint density at radius 2 is 1.88 bits per heavy atom. The molecule has 1 aliphatic rings. The summed E-state index contributed by atoms with van der Waals surface area (Å²) in [5.41, 5.74) is 0.842. The molecule has 1 aromatic heterocycles. The molecule has 2 heterocycles. The van der Waals surface area contributed by atoms with E-state index in [1.807, 2.05) is 11.8 Å². The van der Waals surface area contributed by atoms with Crippen LogP contribution in [0, 0.1) is 6.92 Å². The van der Waals surface area contributed by atoms with Crippen molar-refractivity contribution in [2.24, 2.45) is 0 Å². The highest BCUT2D eigenvalue weighted by molar-refractivity contribution is 7.09. The van der Waals surface area contributed by atoms with Gasteiger partial charge in [0.05, 0.1) is 21.3 Å². The summed E-state index contributed by atoms with van der Waals surface area (Å²) in [6.45, 7) is 5.71. The van der Waals surface area contributed by atoms with Crippen LogP contribution < -0.4 is 4.90 Å². The van der Waals surface area contributed by atoms with Gasteiger partial charge in [-0.25, -0.2) is 4.98 Å². The van der Waals surface area contributed by atoms with E-state index >= 15 is 0 Å². The maximum absolute atomic E-state index is 13.0. The van der Waals surface area contributed by atoms with Crippen molar-refractivity contribution in [3.05, 3.63) is 44.9 Å². The van der Waals surface area contributed by atoms with Crippen molar-refractivity contribution in [1.82, 2.24) is 9.88 Å². The molecule has 138 valence electrons. The van der Waals surface area contributed by atoms with Gasteiger partial charge in [-0.3, -0.25) is 4.90 Å². The minimum Gasteiger partial charge on any atom is -0.369 e. The van der Waals surface area contributed by atoms with Crippen LogP contribution >= 0.6 is 35.3 Å². The molecule has 0 atom stereocenters. The average Bonchev–Trinajstić information content (AvgIpc) is 2.92. The van der Waals surface area contributed by atoms with Crippen molar-refractivity contribution in [2.75, 3.05) is 31.1 Å². The molecule has 0 unspecified atom stereocenters. The zero-order chi connectivity index (χ0) is 17.3. The minimum absolute atomic E-state index is 0. The Labute approximate surface area is 159 Å². The zero-order valence-corrected chi connectivity index (χ0v) is 15.9. The summed E-state index contributed by atoms with van der Waals surface area (Å²) in [7, 11) is 0. The molecule has 1 saturated heterocycles. The lowest BCUT2D eigenvalue weighted by molar-refractivity contribution is -0.137. The maximum Gasteiger partial charge on any atom is 0.417 e. The molecule has 9 heteroatoms. The Kier molecular flexibility index (Phi) is 6.59. The number of hydrogen-bond donors (Lipinski definition) is 0. The molecule has 1 aromatic carbocycles. The Morgan fingerprint density at radius 3 is 2.44 bits per heavy atom. The molecule has 0 N–H and O–H groups in total. The van der Waals surface area contributed by atoms with Gasteiger partial charge >= 0.3 is 6.18 Å². The number of piperazine rings is 1. The molecule has 25 heavy (non-hydrogen) atoms. The number of benzene rings is 1. The lowest BCUT2D eigenvalue weighted by atomic mass is 10.1. The summed E-state index contributed by atoms with van der Waals surface area (Å²) >= 11 is 7.31. The summed E-state index contributed by atoms with van der Waals surface area (Å²) in [6, 6.07) is 4.11. The lowest BCUT2D eigenvalue weighted by Gasteiger charge is -2.36. The van der Waals surface area contributed by atoms with Gasteiger partial charge in [-0.15, -0.1) is 23.7 Å². The molecule has 3 rings (SSSR count). The lowest BCUT2D eigenvalue weighted by Crippen LogP contribution is -2.46. The third-order valence-corrected chi connectivity index (χ3v) is 5.20. The Morgan fingerprint density at radius 1 is 1.20 bits per heavy atom. The van der Waals surface area contributed by atoms with Crippen LogP contribution in [0.5, 0.6) is 0 Å². The number of aromatic nitrogens is 1. The number of alkyl halides is 3. The fourth-order valence-corrected chi connectivity index (χ4v) is 3.63. The van der Waals surface area contributed by atoms with E-state index in [1.54, 1.807) is 17.4 Å². The molecular weight excluding hydrogens is 394 g/mol. The molecule has 0 bridgehead atoms. The quantitative estimate of drug-likeness (QED) is 0.717. The molecular formula is C16H18Cl2F3N3S. The largest absolute Gasteiger partial charge is 0.417 e. The van der Waals surface area contributed by atoms with E-state index < -0.39 is 11.7 Å². The second kappa shape index (κ2) is 8.12. The van der Waals surface area contributed by atoms with Crippen molar-refractivity contribution in [3.8, 4) is 0 Å². The molecule has 0 saturated carbocycles. The second-order valence-corrected chi connectivity index (χ2v) is 7.25. The maximum atomic E-state index is 13.0. The molecule has 1 fully saturated rings. The Hall–Kier alpha value is -1.02. The molecule has 0 radical (unpaired) electrons.